The van der Waals surface area contributed by atoms with Gasteiger partial charge in [-0.2, -0.15) is 42.1 Å². The molecule has 0 aliphatic heterocycles. The summed E-state index contributed by atoms with van der Waals surface area (Å²) in [6.45, 7) is 12.5. The fourth-order valence-electron chi connectivity index (χ4n) is 6.67. The Balaban J connectivity index is 1.89. The summed E-state index contributed by atoms with van der Waals surface area (Å²) < 4.78 is 0. The second kappa shape index (κ2) is 12.5. The average Bonchev–Trinajstić information content (AvgIpc) is 3.59. The molecule has 0 saturated carbocycles. The summed E-state index contributed by atoms with van der Waals surface area (Å²) >= 11 is 0. The lowest BCUT2D eigenvalue weighted by Crippen LogP contribution is -2.40. The van der Waals surface area contributed by atoms with E-state index in [1.54, 1.807) is 36.4 Å². The van der Waals surface area contributed by atoms with Crippen LogP contribution in [0, 0.1) is 90.6 Å². The summed E-state index contributed by atoms with van der Waals surface area (Å²) in [4.78, 5) is 0. The van der Waals surface area contributed by atoms with Crippen molar-refractivity contribution in [2.75, 3.05) is 0 Å². The van der Waals surface area contributed by atoms with E-state index in [2.05, 4.69) is 63.6 Å². The first-order chi connectivity index (χ1) is 23.7. The quantitative estimate of drug-likeness (QED) is 0.208. The van der Waals surface area contributed by atoms with Gasteiger partial charge >= 0.3 is 0 Å². The number of nitrogens with zero attached hydrogens (tertiary/aromatic N) is 8. The standard InChI is InChI=1S/C40H26N8Si2/c1-49(2,3)35-13-29-31(11-25(35)15-41)39(27(17-43)18-44)37(33(29)21-47)23-8-7-9-24(10-23)38-34(22-48)30-14-36(50(4,5)6)26(16-42)12-32(30)40(38)28(19-45)20-46/h7-14H,1-6H3. The van der Waals surface area contributed by atoms with Gasteiger partial charge in [0, 0.05) is 33.4 Å². The van der Waals surface area contributed by atoms with E-state index in [1.807, 2.05) is 36.4 Å². The van der Waals surface area contributed by atoms with Crippen molar-refractivity contribution in [3.8, 4) is 48.6 Å². The maximum Gasteiger partial charge on any atom is 0.138 e. The van der Waals surface area contributed by atoms with E-state index < -0.39 is 16.1 Å². The van der Waals surface area contributed by atoms with Crippen molar-refractivity contribution in [3.05, 3.63) is 104 Å². The number of hydrogen-bond donors (Lipinski definition) is 0. The van der Waals surface area contributed by atoms with Gasteiger partial charge in [0.15, 0.2) is 0 Å². The molecule has 50 heavy (non-hydrogen) atoms. The lowest BCUT2D eigenvalue weighted by atomic mass is 9.88. The Labute approximate surface area is 293 Å². The molecule has 5 rings (SSSR count). The molecule has 3 aromatic rings. The molecule has 0 atom stereocenters. The van der Waals surface area contributed by atoms with Crippen LogP contribution in [0.2, 0.25) is 39.3 Å². The van der Waals surface area contributed by atoms with Crippen LogP contribution in [0.15, 0.2) is 59.7 Å². The Kier molecular flexibility index (Phi) is 8.60. The highest BCUT2D eigenvalue weighted by Crippen LogP contribution is 2.51. The Morgan fingerprint density at radius 3 is 1.10 bits per heavy atom. The van der Waals surface area contributed by atoms with Crippen LogP contribution in [0.4, 0.5) is 0 Å². The van der Waals surface area contributed by atoms with E-state index in [9.17, 15) is 42.1 Å². The zero-order chi connectivity index (χ0) is 36.7. The molecular formula is C40H26N8Si2. The fourth-order valence-corrected chi connectivity index (χ4v) is 9.70. The van der Waals surface area contributed by atoms with Crippen molar-refractivity contribution >= 4 is 60.0 Å². The van der Waals surface area contributed by atoms with E-state index in [-0.39, 0.29) is 33.4 Å². The van der Waals surface area contributed by atoms with E-state index in [4.69, 9.17) is 0 Å². The fraction of sp³-hybridized carbons (Fsp3) is 0.150. The van der Waals surface area contributed by atoms with Crippen molar-refractivity contribution in [1.29, 1.82) is 42.1 Å². The van der Waals surface area contributed by atoms with Crippen molar-refractivity contribution in [2.24, 2.45) is 0 Å². The largest absolute Gasteiger partial charge is 0.192 e. The monoisotopic (exact) mass is 674 g/mol. The molecule has 10 heteroatoms. The summed E-state index contributed by atoms with van der Waals surface area (Å²) in [5.41, 5.74) is 4.76. The topological polar surface area (TPSA) is 190 Å². The molecule has 0 spiro atoms. The van der Waals surface area contributed by atoms with Crippen LogP contribution in [0.5, 0.6) is 0 Å². The molecule has 2 aliphatic rings. The van der Waals surface area contributed by atoms with E-state index >= 15 is 0 Å². The van der Waals surface area contributed by atoms with Gasteiger partial charge in [0.1, 0.15) is 47.6 Å². The molecule has 0 amide bonds. The normalized spacial score (nSPS) is 13.0. The Morgan fingerprint density at radius 1 is 0.460 bits per heavy atom. The zero-order valence-corrected chi connectivity index (χ0v) is 30.2. The van der Waals surface area contributed by atoms with Crippen LogP contribution in [-0.2, 0) is 0 Å². The predicted molar refractivity (Wildman–Crippen MR) is 196 cm³/mol. The molecule has 0 unspecified atom stereocenters. The van der Waals surface area contributed by atoms with Crippen LogP contribution < -0.4 is 10.4 Å². The molecule has 8 nitrogen and oxygen atoms in total. The number of fused-ring (bicyclic) bond motifs is 2. The van der Waals surface area contributed by atoms with Gasteiger partial charge in [-0.25, -0.2) is 0 Å². The molecule has 0 aromatic heterocycles. The lowest BCUT2D eigenvalue weighted by molar-refractivity contribution is 1.45. The van der Waals surface area contributed by atoms with Crippen molar-refractivity contribution < 1.29 is 0 Å². The molecule has 0 fully saturated rings. The van der Waals surface area contributed by atoms with Crippen LogP contribution in [0.25, 0.3) is 33.4 Å². The van der Waals surface area contributed by atoms with Gasteiger partial charge < -0.3 is 0 Å². The molecular weight excluding hydrogens is 649 g/mol. The minimum atomic E-state index is -2.08. The van der Waals surface area contributed by atoms with Crippen LogP contribution in [0.3, 0.4) is 0 Å². The van der Waals surface area contributed by atoms with Crippen molar-refractivity contribution in [3.63, 3.8) is 0 Å². The highest BCUT2D eigenvalue weighted by molar-refractivity contribution is 6.89. The summed E-state index contributed by atoms with van der Waals surface area (Å²) in [6.07, 6.45) is 0. The Morgan fingerprint density at radius 2 is 0.820 bits per heavy atom. The molecule has 0 saturated heterocycles. The zero-order valence-electron chi connectivity index (χ0n) is 28.2. The molecule has 0 radical (unpaired) electrons. The van der Waals surface area contributed by atoms with Gasteiger partial charge in [0.2, 0.25) is 0 Å². The number of benzene rings is 3. The third kappa shape index (κ3) is 5.32. The van der Waals surface area contributed by atoms with E-state index in [1.165, 1.54) is 0 Å². The highest BCUT2D eigenvalue weighted by atomic mass is 28.3. The second-order valence-electron chi connectivity index (χ2n) is 13.9. The molecule has 234 valence electrons. The molecule has 3 aromatic carbocycles. The molecule has 0 heterocycles. The third-order valence-electron chi connectivity index (χ3n) is 8.86. The van der Waals surface area contributed by atoms with Crippen LogP contribution in [0.1, 0.15) is 44.5 Å². The smallest absolute Gasteiger partial charge is 0.138 e. The number of hydrogen-bond acceptors (Lipinski definition) is 8. The Bertz CT molecular complexity index is 2370. The lowest BCUT2D eigenvalue weighted by Gasteiger charge is -2.20. The van der Waals surface area contributed by atoms with Gasteiger partial charge in [0.05, 0.1) is 50.6 Å². The Hall–Kier alpha value is -7.03. The molecule has 0 N–H and O–H groups in total. The summed E-state index contributed by atoms with van der Waals surface area (Å²) in [6, 6.07) is 30.8. The van der Waals surface area contributed by atoms with Gasteiger partial charge in [-0.05, 0) is 50.8 Å². The first-order valence-corrected chi connectivity index (χ1v) is 22.4. The first kappa shape index (κ1) is 34.3. The number of nitriles is 8. The second-order valence-corrected chi connectivity index (χ2v) is 23.9. The van der Waals surface area contributed by atoms with Gasteiger partial charge in [-0.1, -0.05) is 69.6 Å². The minimum Gasteiger partial charge on any atom is -0.192 e. The van der Waals surface area contributed by atoms with Gasteiger partial charge in [-0.15, -0.1) is 0 Å². The molecule has 0 bridgehead atoms. The summed E-state index contributed by atoms with van der Waals surface area (Å²) in [5.74, 6) is 0. The SMILES string of the molecule is C[Si](C)(C)c1cc2c(cc1C#N)C(=C(C#N)C#N)C(c1cccc(C3=C(C#N)c4cc([Si](C)(C)C)c(C#N)cc4C3=C(C#N)C#N)c1)=C2C#N. The maximum absolute atomic E-state index is 10.6. The van der Waals surface area contributed by atoms with Crippen molar-refractivity contribution in [2.45, 2.75) is 39.3 Å². The van der Waals surface area contributed by atoms with Crippen molar-refractivity contribution in [1.82, 2.24) is 0 Å². The maximum atomic E-state index is 10.6. The summed E-state index contributed by atoms with van der Waals surface area (Å²) in [5, 5.41) is 83.4. The number of allylic oxidation sites excluding steroid dienone is 8. The third-order valence-corrected chi connectivity index (χ3v) is 12.9. The first-order valence-electron chi connectivity index (χ1n) is 15.4. The van der Waals surface area contributed by atoms with E-state index in [0.29, 0.717) is 55.7 Å². The van der Waals surface area contributed by atoms with Gasteiger partial charge in [0.25, 0.3) is 0 Å². The average molecular weight is 675 g/mol. The predicted octanol–water partition coefficient (Wildman–Crippen LogP) is 7.02. The van der Waals surface area contributed by atoms with Crippen LogP contribution in [-0.4, -0.2) is 16.1 Å². The molecule has 2 aliphatic carbocycles. The van der Waals surface area contributed by atoms with Gasteiger partial charge in [-0.3, -0.25) is 0 Å². The van der Waals surface area contributed by atoms with E-state index in [0.717, 1.165) is 10.4 Å². The number of rotatable bonds is 4. The van der Waals surface area contributed by atoms with Crippen LogP contribution >= 0.6 is 0 Å². The highest BCUT2D eigenvalue weighted by Gasteiger charge is 2.36. The minimum absolute atomic E-state index is 0.227. The summed E-state index contributed by atoms with van der Waals surface area (Å²) in [7, 11) is -4.17.